The Morgan fingerprint density at radius 3 is 2.39 bits per heavy atom. The number of alkyl halides is 2. The molecule has 0 heterocycles. The van der Waals surface area contributed by atoms with Crippen molar-refractivity contribution in [2.75, 3.05) is 14.2 Å². The van der Waals surface area contributed by atoms with E-state index in [2.05, 4.69) is 4.74 Å². The molecule has 1 amide bonds. The lowest BCUT2D eigenvalue weighted by molar-refractivity contribution is -0.137. The first-order valence-electron chi connectivity index (χ1n) is 8.50. The number of aryl methyl sites for hydroxylation is 1. The molecule has 28 heavy (non-hydrogen) atoms. The van der Waals surface area contributed by atoms with Crippen LogP contribution in [0.15, 0.2) is 36.4 Å². The Morgan fingerprint density at radius 1 is 1.11 bits per heavy atom. The third kappa shape index (κ3) is 5.73. The molecule has 1 atom stereocenters. The van der Waals surface area contributed by atoms with Crippen LogP contribution in [0.5, 0.6) is 17.2 Å². The quantitative estimate of drug-likeness (QED) is 0.630. The van der Waals surface area contributed by atoms with Crippen molar-refractivity contribution in [2.45, 2.75) is 33.1 Å². The van der Waals surface area contributed by atoms with Crippen LogP contribution < -0.4 is 14.2 Å². The van der Waals surface area contributed by atoms with E-state index in [-0.39, 0.29) is 24.0 Å². The van der Waals surface area contributed by atoms with Crippen molar-refractivity contribution in [3.05, 3.63) is 52.5 Å². The summed E-state index contributed by atoms with van der Waals surface area (Å²) >= 11 is 5.93. The Hall–Kier alpha value is -2.54. The second-order valence-corrected chi connectivity index (χ2v) is 6.66. The van der Waals surface area contributed by atoms with Gasteiger partial charge in [-0.25, -0.2) is 0 Å². The Labute approximate surface area is 167 Å². The fourth-order valence-corrected chi connectivity index (χ4v) is 2.88. The molecule has 2 aromatic carbocycles. The molecule has 8 heteroatoms. The van der Waals surface area contributed by atoms with Crippen molar-refractivity contribution >= 4 is 17.5 Å². The highest BCUT2D eigenvalue weighted by atomic mass is 35.5. The zero-order valence-electron chi connectivity index (χ0n) is 16.0. The van der Waals surface area contributed by atoms with Crippen LogP contribution in [0.3, 0.4) is 0 Å². The minimum absolute atomic E-state index is 0.0862. The molecule has 0 radical (unpaired) electrons. The van der Waals surface area contributed by atoms with Crippen LogP contribution in [0.2, 0.25) is 5.02 Å². The summed E-state index contributed by atoms with van der Waals surface area (Å²) in [5.41, 5.74) is 1.43. The predicted molar refractivity (Wildman–Crippen MR) is 102 cm³/mol. The number of hydrogen-bond donors (Lipinski definition) is 0. The minimum atomic E-state index is -2.97. The summed E-state index contributed by atoms with van der Waals surface area (Å²) in [5.74, 6) is 0.405. The second-order valence-electron chi connectivity index (χ2n) is 6.23. The minimum Gasteiger partial charge on any atom is -0.493 e. The molecule has 2 rings (SSSR count). The molecule has 5 nitrogen and oxygen atoms in total. The van der Waals surface area contributed by atoms with Crippen molar-refractivity contribution in [3.63, 3.8) is 0 Å². The van der Waals surface area contributed by atoms with E-state index in [1.54, 1.807) is 38.2 Å². The van der Waals surface area contributed by atoms with Crippen molar-refractivity contribution in [1.82, 2.24) is 4.90 Å². The lowest BCUT2D eigenvalue weighted by Gasteiger charge is -2.23. The van der Waals surface area contributed by atoms with Crippen LogP contribution in [-0.4, -0.2) is 37.7 Å². The number of rotatable bonds is 8. The van der Waals surface area contributed by atoms with Crippen molar-refractivity contribution < 1.29 is 27.8 Å². The summed E-state index contributed by atoms with van der Waals surface area (Å²) in [6, 6.07) is 9.76. The Bertz CT molecular complexity index is 832. The molecular formula is C20H22ClF2NO4. The van der Waals surface area contributed by atoms with Gasteiger partial charge in [0, 0.05) is 18.6 Å². The van der Waals surface area contributed by atoms with Gasteiger partial charge in [0.25, 0.3) is 5.91 Å². The Balaban J connectivity index is 2.06. The number of ether oxygens (including phenoxy) is 3. The number of carbonyl (C=O) groups is 1. The summed E-state index contributed by atoms with van der Waals surface area (Å²) in [5, 5.41) is 0.585. The average Bonchev–Trinajstić information content (AvgIpc) is 2.63. The monoisotopic (exact) mass is 413 g/mol. The molecule has 0 aromatic heterocycles. The standard InChI is InChI=1S/C20H22ClF2NO4/c1-12-9-15(21)6-8-16(12)27-13(2)19(25)24(3)11-14-5-7-17(26-4)18(10-14)28-20(22)23/h5-10,13,20H,11H2,1-4H3. The molecule has 0 aliphatic heterocycles. The average molecular weight is 414 g/mol. The maximum atomic E-state index is 12.6. The molecule has 0 saturated carbocycles. The smallest absolute Gasteiger partial charge is 0.387 e. The number of carbonyl (C=O) groups excluding carboxylic acids is 1. The van der Waals surface area contributed by atoms with Crippen LogP contribution in [0.25, 0.3) is 0 Å². The lowest BCUT2D eigenvalue weighted by atomic mass is 10.2. The number of halogens is 3. The van der Waals surface area contributed by atoms with E-state index >= 15 is 0 Å². The fourth-order valence-electron chi connectivity index (χ4n) is 2.66. The molecular weight excluding hydrogens is 392 g/mol. The summed E-state index contributed by atoms with van der Waals surface area (Å²) in [6.07, 6.45) is -0.736. The molecule has 0 aliphatic rings. The number of nitrogens with zero attached hydrogens (tertiary/aromatic N) is 1. The molecule has 0 aliphatic carbocycles. The number of hydrogen-bond acceptors (Lipinski definition) is 4. The third-order valence-corrected chi connectivity index (χ3v) is 4.26. The normalized spacial score (nSPS) is 11.9. The topological polar surface area (TPSA) is 48.0 Å². The van der Waals surface area contributed by atoms with Gasteiger partial charge in [-0.3, -0.25) is 4.79 Å². The van der Waals surface area contributed by atoms with Crippen LogP contribution in [-0.2, 0) is 11.3 Å². The predicted octanol–water partition coefficient (Wildman–Crippen LogP) is 4.68. The van der Waals surface area contributed by atoms with Gasteiger partial charge in [0.2, 0.25) is 0 Å². The second kappa shape index (κ2) is 9.59. The van der Waals surface area contributed by atoms with E-state index in [4.69, 9.17) is 21.1 Å². The van der Waals surface area contributed by atoms with Gasteiger partial charge in [-0.05, 0) is 55.3 Å². The number of methoxy groups -OCH3 is 1. The zero-order valence-corrected chi connectivity index (χ0v) is 16.8. The lowest BCUT2D eigenvalue weighted by Crippen LogP contribution is -2.37. The highest BCUT2D eigenvalue weighted by molar-refractivity contribution is 6.30. The van der Waals surface area contributed by atoms with Gasteiger partial charge in [0.15, 0.2) is 17.6 Å². The first-order valence-corrected chi connectivity index (χ1v) is 8.88. The van der Waals surface area contributed by atoms with Crippen molar-refractivity contribution in [2.24, 2.45) is 0 Å². The third-order valence-electron chi connectivity index (χ3n) is 4.03. The zero-order chi connectivity index (χ0) is 20.8. The van der Waals surface area contributed by atoms with E-state index in [1.807, 2.05) is 6.92 Å². The van der Waals surface area contributed by atoms with Crippen LogP contribution in [0.1, 0.15) is 18.1 Å². The Kier molecular flexibility index (Phi) is 7.45. The van der Waals surface area contributed by atoms with Gasteiger partial charge < -0.3 is 19.1 Å². The van der Waals surface area contributed by atoms with E-state index in [9.17, 15) is 13.6 Å². The van der Waals surface area contributed by atoms with E-state index < -0.39 is 12.7 Å². The summed E-state index contributed by atoms with van der Waals surface area (Å²) < 4.78 is 40.3. The molecule has 0 saturated heterocycles. The molecule has 1 unspecified atom stereocenters. The van der Waals surface area contributed by atoms with Gasteiger partial charge in [0.1, 0.15) is 5.75 Å². The van der Waals surface area contributed by atoms with Gasteiger partial charge in [-0.1, -0.05) is 17.7 Å². The number of benzene rings is 2. The van der Waals surface area contributed by atoms with E-state index in [0.717, 1.165) is 5.56 Å². The van der Waals surface area contributed by atoms with Gasteiger partial charge in [-0.2, -0.15) is 8.78 Å². The van der Waals surface area contributed by atoms with Crippen molar-refractivity contribution in [3.8, 4) is 17.2 Å². The maximum absolute atomic E-state index is 12.6. The first-order chi connectivity index (χ1) is 13.2. The SMILES string of the molecule is COc1ccc(CN(C)C(=O)C(C)Oc2ccc(Cl)cc2C)cc1OC(F)F. The van der Waals surface area contributed by atoms with Crippen LogP contribution >= 0.6 is 11.6 Å². The van der Waals surface area contributed by atoms with Gasteiger partial charge in [0.05, 0.1) is 7.11 Å². The maximum Gasteiger partial charge on any atom is 0.387 e. The molecule has 2 aromatic rings. The highest BCUT2D eigenvalue weighted by Crippen LogP contribution is 2.30. The van der Waals surface area contributed by atoms with Crippen LogP contribution in [0, 0.1) is 6.92 Å². The molecule has 0 spiro atoms. The first kappa shape index (κ1) is 21.8. The summed E-state index contributed by atoms with van der Waals surface area (Å²) in [7, 11) is 2.97. The largest absolute Gasteiger partial charge is 0.493 e. The highest BCUT2D eigenvalue weighted by Gasteiger charge is 2.21. The molecule has 0 N–H and O–H groups in total. The number of likely N-dealkylation sites (N-methyl/N-ethyl adjacent to an activating group) is 1. The van der Waals surface area contributed by atoms with E-state index in [0.29, 0.717) is 16.3 Å². The summed E-state index contributed by atoms with van der Waals surface area (Å²) in [6.45, 7) is 0.700. The van der Waals surface area contributed by atoms with Crippen molar-refractivity contribution in [1.29, 1.82) is 0 Å². The molecule has 152 valence electrons. The summed E-state index contributed by atoms with van der Waals surface area (Å²) in [4.78, 5) is 14.1. The van der Waals surface area contributed by atoms with Crippen LogP contribution in [0.4, 0.5) is 8.78 Å². The fraction of sp³-hybridized carbons (Fsp3) is 0.350. The Morgan fingerprint density at radius 2 is 1.79 bits per heavy atom. The van der Waals surface area contributed by atoms with E-state index in [1.165, 1.54) is 24.1 Å². The molecule has 0 fully saturated rings. The van der Waals surface area contributed by atoms with Gasteiger partial charge in [-0.15, -0.1) is 0 Å². The number of amides is 1. The van der Waals surface area contributed by atoms with Gasteiger partial charge >= 0.3 is 6.61 Å². The molecule has 0 bridgehead atoms.